The Morgan fingerprint density at radius 2 is 1.44 bits per heavy atom. The molecule has 0 radical (unpaired) electrons. The summed E-state index contributed by atoms with van der Waals surface area (Å²) >= 11 is 7.34. The molecule has 158 valence electrons. The highest BCUT2D eigenvalue weighted by Crippen LogP contribution is 2.25. The van der Waals surface area contributed by atoms with Crippen molar-refractivity contribution in [1.82, 2.24) is 14.5 Å². The van der Waals surface area contributed by atoms with Crippen molar-refractivity contribution in [3.05, 3.63) is 99.3 Å². The number of carbonyl (C=O) groups excluding carboxylic acids is 2. The van der Waals surface area contributed by atoms with E-state index in [0.29, 0.717) is 43.6 Å². The van der Waals surface area contributed by atoms with E-state index in [1.807, 2.05) is 6.07 Å². The van der Waals surface area contributed by atoms with E-state index in [0.717, 1.165) is 0 Å². The Hall–Kier alpha value is -3.42. The predicted octanol–water partition coefficient (Wildman–Crippen LogP) is 4.43. The number of thioether (sulfide) groups is 1. The first-order chi connectivity index (χ1) is 15.5. The SMILES string of the molecule is O=C1c2ccccc2C(=O)N1CCSc1nc2ccccc2c(=O)n1-c1ccc(Cl)cc1. The van der Waals surface area contributed by atoms with Crippen molar-refractivity contribution in [2.75, 3.05) is 12.3 Å². The van der Waals surface area contributed by atoms with Gasteiger partial charge in [0.25, 0.3) is 17.4 Å². The number of rotatable bonds is 5. The minimum absolute atomic E-state index is 0.193. The van der Waals surface area contributed by atoms with E-state index in [1.165, 1.54) is 21.2 Å². The van der Waals surface area contributed by atoms with Gasteiger partial charge in [-0.3, -0.25) is 23.9 Å². The summed E-state index contributed by atoms with van der Waals surface area (Å²) in [5, 5.41) is 1.55. The molecule has 2 heterocycles. The molecular formula is C24H16ClN3O3S. The molecule has 1 aliphatic heterocycles. The zero-order valence-corrected chi connectivity index (χ0v) is 18.3. The van der Waals surface area contributed by atoms with Crippen LogP contribution in [0.1, 0.15) is 20.7 Å². The van der Waals surface area contributed by atoms with Gasteiger partial charge < -0.3 is 0 Å². The van der Waals surface area contributed by atoms with E-state index < -0.39 is 0 Å². The molecule has 8 heteroatoms. The third-order valence-corrected chi connectivity index (χ3v) is 6.42. The fourth-order valence-electron chi connectivity index (χ4n) is 3.70. The largest absolute Gasteiger partial charge is 0.273 e. The molecule has 0 saturated carbocycles. The Kier molecular flexibility index (Phi) is 5.28. The van der Waals surface area contributed by atoms with Crippen molar-refractivity contribution < 1.29 is 9.59 Å². The molecule has 0 fully saturated rings. The number of hydrogen-bond acceptors (Lipinski definition) is 5. The number of fused-ring (bicyclic) bond motifs is 2. The lowest BCUT2D eigenvalue weighted by Crippen LogP contribution is -2.32. The summed E-state index contributed by atoms with van der Waals surface area (Å²) in [4.78, 5) is 44.4. The molecular weight excluding hydrogens is 446 g/mol. The second-order valence-electron chi connectivity index (χ2n) is 7.18. The fourth-order valence-corrected chi connectivity index (χ4v) is 4.76. The number of imide groups is 1. The van der Waals surface area contributed by atoms with E-state index in [-0.39, 0.29) is 23.9 Å². The molecule has 0 saturated heterocycles. The molecule has 2 amide bonds. The molecule has 5 rings (SSSR count). The summed E-state index contributed by atoms with van der Waals surface area (Å²) in [6.07, 6.45) is 0. The van der Waals surface area contributed by atoms with E-state index in [2.05, 4.69) is 4.98 Å². The highest BCUT2D eigenvalue weighted by molar-refractivity contribution is 7.99. The lowest BCUT2D eigenvalue weighted by Gasteiger charge is -2.16. The van der Waals surface area contributed by atoms with Crippen molar-refractivity contribution in [1.29, 1.82) is 0 Å². The lowest BCUT2D eigenvalue weighted by molar-refractivity contribution is 0.0664. The number of carbonyl (C=O) groups is 2. The summed E-state index contributed by atoms with van der Waals surface area (Å²) in [5.41, 5.74) is 1.88. The maximum Gasteiger partial charge on any atom is 0.266 e. The van der Waals surface area contributed by atoms with Gasteiger partial charge in [-0.1, -0.05) is 47.6 Å². The highest BCUT2D eigenvalue weighted by Gasteiger charge is 2.34. The van der Waals surface area contributed by atoms with Gasteiger partial charge in [-0.2, -0.15) is 0 Å². The van der Waals surface area contributed by atoms with Gasteiger partial charge in [0.1, 0.15) is 0 Å². The Morgan fingerprint density at radius 1 is 0.812 bits per heavy atom. The molecule has 4 aromatic rings. The maximum atomic E-state index is 13.3. The quantitative estimate of drug-likeness (QED) is 0.250. The number of benzene rings is 3. The second kappa shape index (κ2) is 8.26. The number of halogens is 1. The third kappa shape index (κ3) is 3.49. The standard InChI is InChI=1S/C24H16ClN3O3S/c25-15-9-11-16(12-10-15)28-23(31)19-7-3-4-8-20(19)26-24(28)32-14-13-27-21(29)17-5-1-2-6-18(17)22(27)30/h1-12H,13-14H2. The number of hydrogen-bond donors (Lipinski definition) is 0. The van der Waals surface area contributed by atoms with Gasteiger partial charge in [0, 0.05) is 17.3 Å². The minimum atomic E-state index is -0.298. The number of para-hydroxylation sites is 1. The third-order valence-electron chi connectivity index (χ3n) is 5.25. The van der Waals surface area contributed by atoms with Crippen LogP contribution in [0.4, 0.5) is 0 Å². The minimum Gasteiger partial charge on any atom is -0.273 e. The van der Waals surface area contributed by atoms with E-state index in [9.17, 15) is 14.4 Å². The van der Waals surface area contributed by atoms with Gasteiger partial charge in [0.15, 0.2) is 5.16 Å². The van der Waals surface area contributed by atoms with Crippen molar-refractivity contribution in [3.8, 4) is 5.69 Å². The van der Waals surface area contributed by atoms with Gasteiger partial charge >= 0.3 is 0 Å². The summed E-state index contributed by atoms with van der Waals surface area (Å²) in [6, 6.07) is 20.9. The molecule has 6 nitrogen and oxygen atoms in total. The van der Waals surface area contributed by atoms with Crippen LogP contribution in [-0.2, 0) is 0 Å². The normalized spacial score (nSPS) is 13.1. The van der Waals surface area contributed by atoms with Crippen LogP contribution in [0.3, 0.4) is 0 Å². The summed E-state index contributed by atoms with van der Waals surface area (Å²) < 4.78 is 1.53. The topological polar surface area (TPSA) is 72.3 Å². The number of nitrogens with zero attached hydrogens (tertiary/aromatic N) is 3. The maximum absolute atomic E-state index is 13.3. The van der Waals surface area contributed by atoms with Crippen LogP contribution in [0, 0.1) is 0 Å². The molecule has 0 N–H and O–H groups in total. The zero-order valence-electron chi connectivity index (χ0n) is 16.7. The lowest BCUT2D eigenvalue weighted by atomic mass is 10.1. The fraction of sp³-hybridized carbons (Fsp3) is 0.0833. The van der Waals surface area contributed by atoms with Crippen molar-refractivity contribution in [2.45, 2.75) is 5.16 Å². The average Bonchev–Trinajstić information content (AvgIpc) is 3.05. The van der Waals surface area contributed by atoms with Gasteiger partial charge in [-0.25, -0.2) is 4.98 Å². The second-order valence-corrected chi connectivity index (χ2v) is 8.68. The van der Waals surface area contributed by atoms with Crippen LogP contribution in [0.25, 0.3) is 16.6 Å². The Bertz CT molecular complexity index is 1400. The molecule has 0 unspecified atom stereocenters. The smallest absolute Gasteiger partial charge is 0.266 e. The summed E-state index contributed by atoms with van der Waals surface area (Å²) in [7, 11) is 0. The molecule has 0 bridgehead atoms. The number of aromatic nitrogens is 2. The van der Waals surface area contributed by atoms with Crippen molar-refractivity contribution in [3.63, 3.8) is 0 Å². The van der Waals surface area contributed by atoms with Gasteiger partial charge in [0.05, 0.1) is 27.7 Å². The molecule has 0 aliphatic carbocycles. The first kappa shape index (κ1) is 20.5. The summed E-state index contributed by atoms with van der Waals surface area (Å²) in [6.45, 7) is 0.209. The van der Waals surface area contributed by atoms with Gasteiger partial charge in [0.2, 0.25) is 0 Å². The van der Waals surface area contributed by atoms with Crippen LogP contribution >= 0.6 is 23.4 Å². The first-order valence-electron chi connectivity index (χ1n) is 9.90. The van der Waals surface area contributed by atoms with Crippen LogP contribution in [0.2, 0.25) is 5.02 Å². The molecule has 32 heavy (non-hydrogen) atoms. The van der Waals surface area contributed by atoms with Crippen molar-refractivity contribution >= 4 is 46.1 Å². The van der Waals surface area contributed by atoms with Crippen LogP contribution in [0.15, 0.2) is 82.7 Å². The molecule has 1 aromatic heterocycles. The van der Waals surface area contributed by atoms with Crippen molar-refractivity contribution in [2.24, 2.45) is 0 Å². The van der Waals surface area contributed by atoms with E-state index >= 15 is 0 Å². The molecule has 0 spiro atoms. The highest BCUT2D eigenvalue weighted by atomic mass is 35.5. The molecule has 0 atom stereocenters. The van der Waals surface area contributed by atoms with Crippen LogP contribution < -0.4 is 5.56 Å². The molecule has 1 aliphatic rings. The zero-order chi connectivity index (χ0) is 22.2. The van der Waals surface area contributed by atoms with Gasteiger partial charge in [-0.05, 0) is 48.5 Å². The van der Waals surface area contributed by atoms with E-state index in [1.54, 1.807) is 66.7 Å². The Balaban J connectivity index is 1.46. The Labute approximate surface area is 192 Å². The Morgan fingerprint density at radius 3 is 2.12 bits per heavy atom. The monoisotopic (exact) mass is 461 g/mol. The van der Waals surface area contributed by atoms with E-state index in [4.69, 9.17) is 11.6 Å². The number of amides is 2. The van der Waals surface area contributed by atoms with Crippen LogP contribution in [-0.4, -0.2) is 38.6 Å². The average molecular weight is 462 g/mol. The molecule has 3 aromatic carbocycles. The predicted molar refractivity (Wildman–Crippen MR) is 125 cm³/mol. The van der Waals surface area contributed by atoms with Crippen LogP contribution in [0.5, 0.6) is 0 Å². The van der Waals surface area contributed by atoms with Gasteiger partial charge in [-0.15, -0.1) is 0 Å². The first-order valence-corrected chi connectivity index (χ1v) is 11.3. The summed E-state index contributed by atoms with van der Waals surface area (Å²) in [5.74, 6) is -0.204.